The van der Waals surface area contributed by atoms with Gasteiger partial charge in [-0.05, 0) is 33.9 Å². The smallest absolute Gasteiger partial charge is 0.239 e. The van der Waals surface area contributed by atoms with Crippen molar-refractivity contribution in [3.63, 3.8) is 0 Å². The summed E-state index contributed by atoms with van der Waals surface area (Å²) < 4.78 is 0. The summed E-state index contributed by atoms with van der Waals surface area (Å²) in [7, 11) is 4.07. The summed E-state index contributed by atoms with van der Waals surface area (Å²) in [6, 6.07) is 0.00117. The number of nitrogens with two attached hydrogens (primary N) is 1. The monoisotopic (exact) mass is 199 g/mol. The largest absolute Gasteiger partial charge is 0.337 e. The van der Waals surface area contributed by atoms with Crippen molar-refractivity contribution < 1.29 is 4.79 Å². The molecular weight excluding hydrogens is 178 g/mol. The lowest BCUT2D eigenvalue weighted by Gasteiger charge is -2.28. The number of nitrogens with zero attached hydrogens (tertiary/aromatic N) is 2. The Balaban J connectivity index is 2.55. The number of carbonyl (C=O) groups excluding carboxylic acids is 1. The van der Waals surface area contributed by atoms with Gasteiger partial charge in [0.25, 0.3) is 0 Å². The van der Waals surface area contributed by atoms with Crippen LogP contribution in [0.25, 0.3) is 0 Å². The number of rotatable bonds is 3. The van der Waals surface area contributed by atoms with E-state index in [0.717, 1.165) is 25.9 Å². The van der Waals surface area contributed by atoms with E-state index >= 15 is 0 Å². The van der Waals surface area contributed by atoms with Gasteiger partial charge in [0.1, 0.15) is 0 Å². The number of carbonyl (C=O) groups is 1. The Morgan fingerprint density at radius 1 is 1.64 bits per heavy atom. The minimum atomic E-state index is -0.363. The molecule has 4 nitrogen and oxygen atoms in total. The van der Waals surface area contributed by atoms with Gasteiger partial charge in [-0.2, -0.15) is 0 Å². The summed E-state index contributed by atoms with van der Waals surface area (Å²) >= 11 is 0. The van der Waals surface area contributed by atoms with Crippen LogP contribution in [0.3, 0.4) is 0 Å². The first-order valence-electron chi connectivity index (χ1n) is 5.23. The van der Waals surface area contributed by atoms with Crippen LogP contribution < -0.4 is 5.73 Å². The van der Waals surface area contributed by atoms with Gasteiger partial charge in [0.05, 0.1) is 6.04 Å². The number of likely N-dealkylation sites (tertiary alicyclic amines) is 1. The fourth-order valence-corrected chi connectivity index (χ4v) is 2.00. The highest BCUT2D eigenvalue weighted by Crippen LogP contribution is 2.18. The standard InChI is InChI=1S/C10H21N3O/c1-8(11)10(14)13-6-4-5-9(13)7-12(2)3/h8-9H,4-7,11H2,1-3H3/t8-,9-/m0/s1. The van der Waals surface area contributed by atoms with Crippen LogP contribution in [0.5, 0.6) is 0 Å². The van der Waals surface area contributed by atoms with Crippen LogP contribution in [0, 0.1) is 0 Å². The maximum atomic E-state index is 11.7. The topological polar surface area (TPSA) is 49.6 Å². The molecule has 0 spiro atoms. The molecule has 1 rings (SSSR count). The third-order valence-corrected chi connectivity index (χ3v) is 2.63. The molecule has 1 fully saturated rings. The molecule has 1 aliphatic heterocycles. The molecule has 1 aliphatic rings. The van der Waals surface area contributed by atoms with E-state index in [0.29, 0.717) is 6.04 Å². The molecule has 0 aliphatic carbocycles. The highest BCUT2D eigenvalue weighted by molar-refractivity contribution is 5.81. The summed E-state index contributed by atoms with van der Waals surface area (Å²) in [6.45, 7) is 3.57. The maximum absolute atomic E-state index is 11.7. The summed E-state index contributed by atoms with van der Waals surface area (Å²) in [6.07, 6.45) is 2.22. The zero-order valence-electron chi connectivity index (χ0n) is 9.36. The van der Waals surface area contributed by atoms with Gasteiger partial charge in [-0.3, -0.25) is 4.79 Å². The van der Waals surface area contributed by atoms with Gasteiger partial charge in [0, 0.05) is 19.1 Å². The molecule has 1 amide bonds. The summed E-state index contributed by atoms with van der Waals surface area (Å²) in [5, 5.41) is 0. The lowest BCUT2D eigenvalue weighted by molar-refractivity contribution is -0.133. The zero-order valence-corrected chi connectivity index (χ0v) is 9.36. The van der Waals surface area contributed by atoms with Crippen molar-refractivity contribution in [3.8, 4) is 0 Å². The quantitative estimate of drug-likeness (QED) is 0.690. The third-order valence-electron chi connectivity index (χ3n) is 2.63. The Hall–Kier alpha value is -0.610. The van der Waals surface area contributed by atoms with E-state index in [1.165, 1.54) is 0 Å². The first kappa shape index (κ1) is 11.5. The molecule has 4 heteroatoms. The fourth-order valence-electron chi connectivity index (χ4n) is 2.00. The van der Waals surface area contributed by atoms with Crippen molar-refractivity contribution in [2.45, 2.75) is 31.8 Å². The van der Waals surface area contributed by atoms with Gasteiger partial charge < -0.3 is 15.5 Å². The van der Waals surface area contributed by atoms with Gasteiger partial charge >= 0.3 is 0 Å². The van der Waals surface area contributed by atoms with E-state index in [-0.39, 0.29) is 11.9 Å². The first-order valence-corrected chi connectivity index (χ1v) is 5.23. The van der Waals surface area contributed by atoms with Gasteiger partial charge in [0.15, 0.2) is 0 Å². The van der Waals surface area contributed by atoms with E-state index in [9.17, 15) is 4.79 Å². The van der Waals surface area contributed by atoms with Crippen LogP contribution in [0.4, 0.5) is 0 Å². The second-order valence-electron chi connectivity index (χ2n) is 4.38. The van der Waals surface area contributed by atoms with Crippen molar-refractivity contribution in [2.24, 2.45) is 5.73 Å². The predicted octanol–water partition coefficient (Wildman–Crippen LogP) is -0.114. The maximum Gasteiger partial charge on any atom is 0.239 e. The number of hydrogen-bond acceptors (Lipinski definition) is 3. The van der Waals surface area contributed by atoms with E-state index in [1.807, 2.05) is 19.0 Å². The number of hydrogen-bond donors (Lipinski definition) is 1. The van der Waals surface area contributed by atoms with Crippen molar-refractivity contribution in [1.29, 1.82) is 0 Å². The van der Waals surface area contributed by atoms with E-state index in [2.05, 4.69) is 4.90 Å². The Morgan fingerprint density at radius 2 is 2.29 bits per heavy atom. The second-order valence-corrected chi connectivity index (χ2v) is 4.38. The first-order chi connectivity index (χ1) is 6.52. The van der Waals surface area contributed by atoms with Crippen LogP contribution in [-0.2, 0) is 4.79 Å². The fraction of sp³-hybridized carbons (Fsp3) is 0.900. The molecule has 0 aromatic heterocycles. The summed E-state index contributed by atoms with van der Waals surface area (Å²) in [4.78, 5) is 15.8. The minimum Gasteiger partial charge on any atom is -0.337 e. The molecule has 82 valence electrons. The zero-order chi connectivity index (χ0) is 10.7. The van der Waals surface area contributed by atoms with Crippen molar-refractivity contribution in [1.82, 2.24) is 9.80 Å². The van der Waals surface area contributed by atoms with E-state index in [1.54, 1.807) is 6.92 Å². The SMILES string of the molecule is C[C@H](N)C(=O)N1CCC[C@H]1CN(C)C. The minimum absolute atomic E-state index is 0.0920. The van der Waals surface area contributed by atoms with Crippen LogP contribution in [0.2, 0.25) is 0 Å². The van der Waals surface area contributed by atoms with Crippen LogP contribution in [0.15, 0.2) is 0 Å². The average molecular weight is 199 g/mol. The lowest BCUT2D eigenvalue weighted by atomic mass is 10.2. The van der Waals surface area contributed by atoms with Crippen molar-refractivity contribution in [2.75, 3.05) is 27.2 Å². The van der Waals surface area contributed by atoms with Gasteiger partial charge in [0.2, 0.25) is 5.91 Å². The number of likely N-dealkylation sites (N-methyl/N-ethyl adjacent to an activating group) is 1. The Labute approximate surface area is 86.0 Å². The third kappa shape index (κ3) is 2.69. The highest BCUT2D eigenvalue weighted by Gasteiger charge is 2.30. The molecule has 0 saturated carbocycles. The molecular formula is C10H21N3O. The van der Waals surface area contributed by atoms with Crippen molar-refractivity contribution >= 4 is 5.91 Å². The molecule has 14 heavy (non-hydrogen) atoms. The van der Waals surface area contributed by atoms with Gasteiger partial charge in [-0.1, -0.05) is 0 Å². The Bertz CT molecular complexity index is 204. The van der Waals surface area contributed by atoms with E-state index < -0.39 is 0 Å². The molecule has 1 saturated heterocycles. The van der Waals surface area contributed by atoms with E-state index in [4.69, 9.17) is 5.73 Å². The lowest BCUT2D eigenvalue weighted by Crippen LogP contribution is -2.47. The molecule has 0 bridgehead atoms. The summed E-state index contributed by atoms with van der Waals surface area (Å²) in [5.41, 5.74) is 5.60. The Kier molecular flexibility index (Phi) is 3.89. The highest BCUT2D eigenvalue weighted by atomic mass is 16.2. The molecule has 1 heterocycles. The van der Waals surface area contributed by atoms with Crippen LogP contribution in [0.1, 0.15) is 19.8 Å². The molecule has 0 aromatic rings. The second kappa shape index (κ2) is 4.75. The summed E-state index contributed by atoms with van der Waals surface area (Å²) in [5.74, 6) is 0.0920. The molecule has 0 unspecified atom stereocenters. The van der Waals surface area contributed by atoms with Crippen LogP contribution in [-0.4, -0.2) is 55.0 Å². The molecule has 0 radical (unpaired) electrons. The predicted molar refractivity (Wildman–Crippen MR) is 56.9 cm³/mol. The Morgan fingerprint density at radius 3 is 2.79 bits per heavy atom. The van der Waals surface area contributed by atoms with Crippen LogP contribution >= 0.6 is 0 Å². The molecule has 2 N–H and O–H groups in total. The molecule has 0 aromatic carbocycles. The van der Waals surface area contributed by atoms with Crippen molar-refractivity contribution in [3.05, 3.63) is 0 Å². The normalized spacial score (nSPS) is 24.4. The van der Waals surface area contributed by atoms with Gasteiger partial charge in [-0.15, -0.1) is 0 Å². The molecule has 2 atom stereocenters. The average Bonchev–Trinajstić information content (AvgIpc) is 2.49. The number of amides is 1. The van der Waals surface area contributed by atoms with Gasteiger partial charge in [-0.25, -0.2) is 0 Å².